The molecule has 1 heterocycles. The number of carbonyl (C=O) groups is 1. The lowest BCUT2D eigenvalue weighted by Gasteiger charge is -2.25. The Kier molecular flexibility index (Phi) is 3.19. The molecule has 0 aliphatic carbocycles. The molecule has 0 fully saturated rings. The van der Waals surface area contributed by atoms with Crippen LogP contribution in [-0.2, 0) is 15.1 Å². The molecule has 1 atom stereocenters. The van der Waals surface area contributed by atoms with E-state index in [9.17, 15) is 4.79 Å². The molecule has 0 bridgehead atoms. The predicted octanol–water partition coefficient (Wildman–Crippen LogP) is 0.689. The van der Waals surface area contributed by atoms with Crippen molar-refractivity contribution in [2.24, 2.45) is 0 Å². The third-order valence-corrected chi connectivity index (χ3v) is 2.27. The van der Waals surface area contributed by atoms with Crippen molar-refractivity contribution in [2.75, 3.05) is 14.2 Å². The molecule has 1 rings (SSSR count). The molecule has 76 valence electrons. The topological polar surface area (TPSA) is 51.2 Å². The molecule has 0 aliphatic rings. The van der Waals surface area contributed by atoms with Crippen molar-refractivity contribution in [3.8, 4) is 0 Å². The SMILES string of the molecule is CN[C@](C)(C(=O)OC)c1ccccn1. The summed E-state index contributed by atoms with van der Waals surface area (Å²) in [5, 5.41) is 2.91. The van der Waals surface area contributed by atoms with Crippen LogP contribution in [0.1, 0.15) is 12.6 Å². The number of methoxy groups -OCH3 is 1. The smallest absolute Gasteiger partial charge is 0.332 e. The van der Waals surface area contributed by atoms with Gasteiger partial charge in [-0.3, -0.25) is 4.98 Å². The summed E-state index contributed by atoms with van der Waals surface area (Å²) < 4.78 is 4.72. The normalized spacial score (nSPS) is 14.5. The molecule has 0 saturated carbocycles. The van der Waals surface area contributed by atoms with Gasteiger partial charge >= 0.3 is 5.97 Å². The van der Waals surface area contributed by atoms with Crippen molar-refractivity contribution in [1.29, 1.82) is 0 Å². The molecule has 14 heavy (non-hydrogen) atoms. The van der Waals surface area contributed by atoms with Crippen LogP contribution < -0.4 is 5.32 Å². The van der Waals surface area contributed by atoms with Gasteiger partial charge in [0, 0.05) is 6.20 Å². The second-order valence-electron chi connectivity index (χ2n) is 3.08. The Bertz CT molecular complexity index is 313. The first kappa shape index (κ1) is 10.7. The van der Waals surface area contributed by atoms with Gasteiger partial charge in [-0.15, -0.1) is 0 Å². The van der Waals surface area contributed by atoms with E-state index in [0.717, 1.165) is 0 Å². The first-order valence-electron chi connectivity index (χ1n) is 4.34. The van der Waals surface area contributed by atoms with Crippen LogP contribution in [0.2, 0.25) is 0 Å². The number of aromatic nitrogens is 1. The summed E-state index contributed by atoms with van der Waals surface area (Å²) in [5.41, 5.74) is -0.231. The van der Waals surface area contributed by atoms with Gasteiger partial charge in [-0.1, -0.05) is 6.07 Å². The zero-order chi connectivity index (χ0) is 10.6. The third-order valence-electron chi connectivity index (χ3n) is 2.27. The number of nitrogens with zero attached hydrogens (tertiary/aromatic N) is 1. The quantitative estimate of drug-likeness (QED) is 0.719. The zero-order valence-electron chi connectivity index (χ0n) is 8.57. The van der Waals surface area contributed by atoms with Crippen molar-refractivity contribution < 1.29 is 9.53 Å². The highest BCUT2D eigenvalue weighted by Crippen LogP contribution is 2.18. The fourth-order valence-electron chi connectivity index (χ4n) is 1.20. The molecule has 1 N–H and O–H groups in total. The van der Waals surface area contributed by atoms with Crippen LogP contribution in [0.3, 0.4) is 0 Å². The first-order chi connectivity index (χ1) is 6.65. The number of rotatable bonds is 3. The van der Waals surface area contributed by atoms with Crippen LogP contribution >= 0.6 is 0 Å². The van der Waals surface area contributed by atoms with Gasteiger partial charge in [0.2, 0.25) is 0 Å². The van der Waals surface area contributed by atoms with Gasteiger partial charge in [-0.05, 0) is 26.1 Å². The fraction of sp³-hybridized carbons (Fsp3) is 0.400. The summed E-state index contributed by atoms with van der Waals surface area (Å²) in [5.74, 6) is -0.348. The first-order valence-corrected chi connectivity index (χ1v) is 4.34. The van der Waals surface area contributed by atoms with Crippen molar-refractivity contribution in [1.82, 2.24) is 10.3 Å². The second-order valence-corrected chi connectivity index (χ2v) is 3.08. The Labute approximate surface area is 83.3 Å². The maximum Gasteiger partial charge on any atom is 0.332 e. The van der Waals surface area contributed by atoms with E-state index in [0.29, 0.717) is 5.69 Å². The van der Waals surface area contributed by atoms with Crippen molar-refractivity contribution in [2.45, 2.75) is 12.5 Å². The minimum Gasteiger partial charge on any atom is -0.467 e. The van der Waals surface area contributed by atoms with E-state index in [1.165, 1.54) is 7.11 Å². The molecule has 4 heteroatoms. The Hall–Kier alpha value is -1.42. The highest BCUT2D eigenvalue weighted by Gasteiger charge is 2.35. The number of esters is 1. The Morgan fingerprint density at radius 3 is 2.71 bits per heavy atom. The molecule has 0 saturated heterocycles. The number of ether oxygens (including phenoxy) is 1. The lowest BCUT2D eigenvalue weighted by Crippen LogP contribution is -2.46. The number of likely N-dealkylation sites (N-methyl/N-ethyl adjacent to an activating group) is 1. The van der Waals surface area contributed by atoms with Gasteiger partial charge in [-0.2, -0.15) is 0 Å². The summed E-state index contributed by atoms with van der Waals surface area (Å²) >= 11 is 0. The molecule has 1 aromatic rings. The Morgan fingerprint density at radius 2 is 2.29 bits per heavy atom. The third kappa shape index (κ3) is 1.75. The number of carbonyl (C=O) groups excluding carboxylic acids is 1. The van der Waals surface area contributed by atoms with Gasteiger partial charge < -0.3 is 10.1 Å². The zero-order valence-corrected chi connectivity index (χ0v) is 8.57. The summed E-state index contributed by atoms with van der Waals surface area (Å²) in [7, 11) is 3.06. The standard InChI is InChI=1S/C10H14N2O2/c1-10(11-2,9(13)14-3)8-6-4-5-7-12-8/h4-7,11H,1-3H3/t10-/m0/s1. The van der Waals surface area contributed by atoms with E-state index in [1.54, 1.807) is 32.3 Å². The van der Waals surface area contributed by atoms with E-state index < -0.39 is 5.54 Å². The van der Waals surface area contributed by atoms with Crippen LogP contribution in [0, 0.1) is 0 Å². The average molecular weight is 194 g/mol. The second kappa shape index (κ2) is 4.19. The van der Waals surface area contributed by atoms with Gasteiger partial charge in [0.1, 0.15) is 0 Å². The Balaban J connectivity index is 3.08. The van der Waals surface area contributed by atoms with E-state index in [2.05, 4.69) is 10.3 Å². The Morgan fingerprint density at radius 1 is 1.57 bits per heavy atom. The van der Waals surface area contributed by atoms with Crippen molar-refractivity contribution in [3.63, 3.8) is 0 Å². The van der Waals surface area contributed by atoms with E-state index in [1.807, 2.05) is 6.07 Å². The summed E-state index contributed by atoms with van der Waals surface area (Å²) in [6.07, 6.45) is 1.65. The minimum absolute atomic E-state index is 0.348. The molecule has 1 aromatic heterocycles. The number of nitrogens with one attached hydrogen (secondary N) is 1. The lowest BCUT2D eigenvalue weighted by atomic mass is 9.97. The largest absolute Gasteiger partial charge is 0.467 e. The number of pyridine rings is 1. The highest BCUT2D eigenvalue weighted by molar-refractivity contribution is 5.81. The van der Waals surface area contributed by atoms with Gasteiger partial charge in [-0.25, -0.2) is 4.79 Å². The van der Waals surface area contributed by atoms with Crippen molar-refractivity contribution >= 4 is 5.97 Å². The lowest BCUT2D eigenvalue weighted by molar-refractivity contribution is -0.148. The van der Waals surface area contributed by atoms with Crippen LogP contribution in [0.15, 0.2) is 24.4 Å². The minimum atomic E-state index is -0.879. The van der Waals surface area contributed by atoms with Gasteiger partial charge in [0.15, 0.2) is 5.54 Å². The molecule has 4 nitrogen and oxygen atoms in total. The molecule has 0 amide bonds. The van der Waals surface area contributed by atoms with Crippen LogP contribution in [-0.4, -0.2) is 25.1 Å². The van der Waals surface area contributed by atoms with Crippen LogP contribution in [0.5, 0.6) is 0 Å². The van der Waals surface area contributed by atoms with Crippen LogP contribution in [0.4, 0.5) is 0 Å². The molecule has 0 unspecified atom stereocenters. The van der Waals surface area contributed by atoms with Crippen molar-refractivity contribution in [3.05, 3.63) is 30.1 Å². The monoisotopic (exact) mass is 194 g/mol. The van der Waals surface area contributed by atoms with E-state index >= 15 is 0 Å². The fourth-order valence-corrected chi connectivity index (χ4v) is 1.20. The molecular weight excluding hydrogens is 180 g/mol. The van der Waals surface area contributed by atoms with E-state index in [-0.39, 0.29) is 5.97 Å². The number of hydrogen-bond acceptors (Lipinski definition) is 4. The molecule has 0 aromatic carbocycles. The maximum atomic E-state index is 11.5. The van der Waals surface area contributed by atoms with E-state index in [4.69, 9.17) is 4.74 Å². The molecule has 0 radical (unpaired) electrons. The molecule has 0 spiro atoms. The number of hydrogen-bond donors (Lipinski definition) is 1. The summed E-state index contributed by atoms with van der Waals surface area (Å²) in [6, 6.07) is 5.42. The predicted molar refractivity (Wildman–Crippen MR) is 52.7 cm³/mol. The molecular formula is C10H14N2O2. The summed E-state index contributed by atoms with van der Waals surface area (Å²) in [6.45, 7) is 1.74. The van der Waals surface area contributed by atoms with Crippen LogP contribution in [0.25, 0.3) is 0 Å². The summed E-state index contributed by atoms with van der Waals surface area (Å²) in [4.78, 5) is 15.7. The molecule has 0 aliphatic heterocycles. The highest BCUT2D eigenvalue weighted by atomic mass is 16.5. The van der Waals surface area contributed by atoms with Gasteiger partial charge in [0.25, 0.3) is 0 Å². The maximum absolute atomic E-state index is 11.5. The van der Waals surface area contributed by atoms with Gasteiger partial charge in [0.05, 0.1) is 12.8 Å². The average Bonchev–Trinajstić information content (AvgIpc) is 2.28.